The molecule has 1 aliphatic carbocycles. The van der Waals surface area contributed by atoms with Crippen LogP contribution in [-0.4, -0.2) is 20.0 Å². The van der Waals surface area contributed by atoms with Crippen LogP contribution in [0.4, 0.5) is 5.69 Å². The van der Waals surface area contributed by atoms with Crippen molar-refractivity contribution in [3.05, 3.63) is 92.9 Å². The van der Waals surface area contributed by atoms with Crippen molar-refractivity contribution in [1.29, 1.82) is 0 Å². The van der Waals surface area contributed by atoms with Gasteiger partial charge in [-0.25, -0.2) is 0 Å². The lowest BCUT2D eigenvalue weighted by Crippen LogP contribution is -2.75. The first kappa shape index (κ1) is 26.9. The summed E-state index contributed by atoms with van der Waals surface area (Å²) in [6.45, 7) is 6.08. The predicted octanol–water partition coefficient (Wildman–Crippen LogP) is 5.29. The molecule has 1 fully saturated rings. The highest BCUT2D eigenvalue weighted by atomic mass is 79.9. The molecule has 2 N–H and O–H groups in total. The van der Waals surface area contributed by atoms with E-state index in [2.05, 4.69) is 40.2 Å². The van der Waals surface area contributed by atoms with Crippen molar-refractivity contribution in [2.45, 2.75) is 49.8 Å². The zero-order valence-corrected chi connectivity index (χ0v) is 24.5. The molecule has 5 rings (SSSR count). The molecule has 3 aromatic rings. The van der Waals surface area contributed by atoms with E-state index < -0.39 is 15.5 Å². The normalized spacial score (nSPS) is 24.1. The number of benzene rings is 3. The number of nitrogens with one attached hydrogen (secondary N) is 2. The first-order valence-electron chi connectivity index (χ1n) is 12.5. The Bertz CT molecular complexity index is 1540. The summed E-state index contributed by atoms with van der Waals surface area (Å²) >= 11 is 9.95. The van der Waals surface area contributed by atoms with Crippen LogP contribution in [0.25, 0.3) is 0 Å². The fraction of sp³-hybridized carbons (Fsp3) is 0.310. The molecule has 1 aliphatic heterocycles. The average molecular weight is 617 g/mol. The largest absolute Gasteiger partial charge is 0.395 e. The van der Waals surface area contributed by atoms with Gasteiger partial charge in [-0.2, -0.15) is 8.42 Å². The molecular weight excluding hydrogens is 588 g/mol. The Morgan fingerprint density at radius 3 is 2.50 bits per heavy atom. The van der Waals surface area contributed by atoms with Crippen molar-refractivity contribution in [2.75, 3.05) is 5.32 Å². The van der Waals surface area contributed by atoms with E-state index in [0.717, 1.165) is 26.9 Å². The molecule has 6 nitrogen and oxygen atoms in total. The Morgan fingerprint density at radius 1 is 1.08 bits per heavy atom. The summed E-state index contributed by atoms with van der Waals surface area (Å²) in [7, 11) is -4.03. The Hall–Kier alpha value is -2.68. The minimum Gasteiger partial charge on any atom is -0.325 e. The summed E-state index contributed by atoms with van der Waals surface area (Å²) in [6, 6.07) is 20.0. The van der Waals surface area contributed by atoms with Crippen LogP contribution >= 0.6 is 27.5 Å². The second-order valence-electron chi connectivity index (χ2n) is 10.4. The molecule has 38 heavy (non-hydrogen) atoms. The number of aryl methyl sites for hydroxylation is 1. The lowest BCUT2D eigenvalue weighted by molar-refractivity contribution is -0.706. The lowest BCUT2D eigenvalue weighted by atomic mass is 9.53. The van der Waals surface area contributed by atoms with Crippen LogP contribution in [0.5, 0.6) is 0 Å². The number of carbonyl (C=O) groups excluding carboxylic acids is 1. The molecule has 3 atom stereocenters. The first-order chi connectivity index (χ1) is 18.0. The zero-order chi connectivity index (χ0) is 27.2. The molecule has 2 aliphatic rings. The number of fused-ring (bicyclic) bond motifs is 2. The van der Waals surface area contributed by atoms with Crippen LogP contribution in [-0.2, 0) is 24.6 Å². The number of rotatable bonds is 5. The topological polar surface area (TPSA) is 86.4 Å². The van der Waals surface area contributed by atoms with Gasteiger partial charge in [0, 0.05) is 33.9 Å². The standard InChI is InChI=1S/C29H28BrClN2O4S/c1-17(2)25-15-22(33-37-38(35,36)23-10-7-18(3)8-11-23)16-26(19-5-4-6-21(31)13-19)29(25)24-12-9-20(30)14-27(24)32-28(29)34/h4-14,17,25-26H,15-16H2,1-3H3,(H,32,34)/p+1/b33-22-/t25-,26+,29-/m1/s1. The molecule has 1 saturated carbocycles. The van der Waals surface area contributed by atoms with E-state index in [1.165, 1.54) is 12.1 Å². The van der Waals surface area contributed by atoms with Gasteiger partial charge in [0.05, 0.1) is 5.41 Å². The molecule has 0 aromatic heterocycles. The fourth-order valence-corrected chi connectivity index (χ4v) is 7.39. The minimum atomic E-state index is -4.03. The SMILES string of the molecule is Cc1ccc(S(=O)(=O)O/[NH+]=C2/C[C@H](C(C)C)[C@@]3(C(=O)Nc4cc(Br)ccc43)[C@H](c3cccc(Cl)c3)C2)cc1. The highest BCUT2D eigenvalue weighted by molar-refractivity contribution is 9.10. The Kier molecular flexibility index (Phi) is 7.18. The number of hydrogen-bond acceptors (Lipinski definition) is 4. The second-order valence-corrected chi connectivity index (χ2v) is 13.3. The monoisotopic (exact) mass is 615 g/mol. The quantitative estimate of drug-likeness (QED) is 0.382. The summed E-state index contributed by atoms with van der Waals surface area (Å²) in [6.07, 6.45) is 0.872. The van der Waals surface area contributed by atoms with Gasteiger partial charge in [0.25, 0.3) is 0 Å². The smallest absolute Gasteiger partial charge is 0.325 e. The van der Waals surface area contributed by atoms with Gasteiger partial charge in [0.15, 0.2) is 0 Å². The fourth-order valence-electron chi connectivity index (χ4n) is 6.03. The number of carbonyl (C=O) groups is 1. The van der Waals surface area contributed by atoms with Gasteiger partial charge in [-0.3, -0.25) is 4.79 Å². The molecule has 0 radical (unpaired) electrons. The van der Waals surface area contributed by atoms with Gasteiger partial charge < -0.3 is 5.32 Å². The van der Waals surface area contributed by atoms with Crippen molar-refractivity contribution in [1.82, 2.24) is 0 Å². The molecule has 3 aromatic carbocycles. The lowest BCUT2D eigenvalue weighted by Gasteiger charge is -2.47. The molecule has 198 valence electrons. The van der Waals surface area contributed by atoms with Crippen LogP contribution < -0.4 is 10.5 Å². The van der Waals surface area contributed by atoms with E-state index in [9.17, 15) is 13.2 Å². The van der Waals surface area contributed by atoms with Gasteiger partial charge in [-0.1, -0.05) is 77.3 Å². The van der Waals surface area contributed by atoms with E-state index >= 15 is 0 Å². The molecule has 1 heterocycles. The van der Waals surface area contributed by atoms with Crippen LogP contribution in [0.2, 0.25) is 5.02 Å². The van der Waals surface area contributed by atoms with Crippen LogP contribution in [0, 0.1) is 18.8 Å². The first-order valence-corrected chi connectivity index (χ1v) is 15.1. The van der Waals surface area contributed by atoms with Crippen molar-refractivity contribution in [3.8, 4) is 0 Å². The van der Waals surface area contributed by atoms with Gasteiger partial charge in [0.1, 0.15) is 4.90 Å². The predicted molar refractivity (Wildman–Crippen MR) is 152 cm³/mol. The van der Waals surface area contributed by atoms with Gasteiger partial charge in [-0.15, -0.1) is 4.28 Å². The number of halogens is 2. The highest BCUT2D eigenvalue weighted by Crippen LogP contribution is 2.58. The number of amides is 1. The van der Waals surface area contributed by atoms with Crippen LogP contribution in [0.3, 0.4) is 0 Å². The van der Waals surface area contributed by atoms with Gasteiger partial charge >= 0.3 is 10.1 Å². The number of anilines is 1. The zero-order valence-electron chi connectivity index (χ0n) is 21.3. The molecule has 0 saturated heterocycles. The minimum absolute atomic E-state index is 0.0541. The Labute approximate surface area is 236 Å². The van der Waals surface area contributed by atoms with E-state index in [-0.39, 0.29) is 28.6 Å². The Balaban J connectivity index is 1.62. The molecule has 0 unspecified atom stereocenters. The third-order valence-corrected chi connectivity index (χ3v) is 9.64. The molecular formula is C29H29BrClN2O4S+. The van der Waals surface area contributed by atoms with Crippen molar-refractivity contribution < 1.29 is 22.7 Å². The third kappa shape index (κ3) is 4.67. The van der Waals surface area contributed by atoms with E-state index in [1.807, 2.05) is 43.3 Å². The third-order valence-electron chi connectivity index (χ3n) is 7.76. The van der Waals surface area contributed by atoms with E-state index in [0.29, 0.717) is 23.6 Å². The maximum Gasteiger partial charge on any atom is 0.395 e. The summed E-state index contributed by atoms with van der Waals surface area (Å²) in [5.41, 5.74) is 3.45. The van der Waals surface area contributed by atoms with Gasteiger partial charge in [-0.05, 0) is 71.4 Å². The highest BCUT2D eigenvalue weighted by Gasteiger charge is 2.61. The van der Waals surface area contributed by atoms with E-state index in [4.69, 9.17) is 15.9 Å². The summed E-state index contributed by atoms with van der Waals surface area (Å²) in [4.78, 5) is 14.1. The molecule has 0 bridgehead atoms. The second kappa shape index (κ2) is 10.1. The Morgan fingerprint density at radius 2 is 1.82 bits per heavy atom. The number of hydrogen-bond donors (Lipinski definition) is 2. The average Bonchev–Trinajstić information content (AvgIpc) is 3.14. The summed E-state index contributed by atoms with van der Waals surface area (Å²) < 4.78 is 32.1. The van der Waals surface area contributed by atoms with E-state index in [1.54, 1.807) is 18.2 Å². The van der Waals surface area contributed by atoms with Crippen molar-refractivity contribution in [2.24, 2.45) is 11.8 Å². The van der Waals surface area contributed by atoms with Crippen LogP contribution in [0.15, 0.2) is 76.1 Å². The summed E-state index contributed by atoms with van der Waals surface area (Å²) in [5.74, 6) is -0.404. The maximum absolute atomic E-state index is 14.0. The van der Waals surface area contributed by atoms with Gasteiger partial charge in [0.2, 0.25) is 11.6 Å². The molecule has 1 amide bonds. The van der Waals surface area contributed by atoms with Crippen molar-refractivity contribution >= 4 is 55.0 Å². The molecule has 1 spiro atoms. The molecule has 9 heteroatoms. The summed E-state index contributed by atoms with van der Waals surface area (Å²) in [5, 5.41) is 6.50. The maximum atomic E-state index is 14.0. The van der Waals surface area contributed by atoms with Crippen molar-refractivity contribution in [3.63, 3.8) is 0 Å². The van der Waals surface area contributed by atoms with Crippen LogP contribution in [0.1, 0.15) is 49.3 Å².